The average Bonchev–Trinajstić information content (AvgIpc) is 3.10. The van der Waals surface area contributed by atoms with Crippen molar-refractivity contribution in [2.45, 2.75) is 19.8 Å². The number of nitrogens with zero attached hydrogens (tertiary/aromatic N) is 6. The van der Waals surface area contributed by atoms with Gasteiger partial charge in [0.15, 0.2) is 5.82 Å². The summed E-state index contributed by atoms with van der Waals surface area (Å²) in [6, 6.07) is 5.80. The topological polar surface area (TPSA) is 68.4 Å². The predicted octanol–water partition coefficient (Wildman–Crippen LogP) is 2.12. The maximum absolute atomic E-state index is 5.78. The highest BCUT2D eigenvalue weighted by Gasteiger charge is 2.22. The van der Waals surface area contributed by atoms with Crippen molar-refractivity contribution in [3.05, 3.63) is 42.5 Å². The van der Waals surface area contributed by atoms with Crippen molar-refractivity contribution in [3.8, 4) is 5.88 Å². The average molecular weight is 324 g/mol. The second kappa shape index (κ2) is 6.43. The van der Waals surface area contributed by atoms with Crippen LogP contribution < -0.4 is 9.64 Å². The van der Waals surface area contributed by atoms with Gasteiger partial charge in [0.1, 0.15) is 5.52 Å². The zero-order valence-corrected chi connectivity index (χ0v) is 13.7. The number of fused-ring (bicyclic) bond motifs is 1. The number of ether oxygens (including phenoxy) is 1. The van der Waals surface area contributed by atoms with Crippen LogP contribution in [0.25, 0.3) is 5.52 Å². The number of anilines is 1. The van der Waals surface area contributed by atoms with E-state index in [0.717, 1.165) is 43.0 Å². The standard InChI is InChI=1S/C17H20N6O/c1-13-2-3-16(21-20-13)24-12-14-5-9-22(10-6-14)17-15-4-7-19-23(15)11-8-18-17/h2-4,7-8,11,14H,5-6,9-10,12H2,1H3. The Morgan fingerprint density at radius 2 is 2.00 bits per heavy atom. The molecule has 0 saturated carbocycles. The van der Waals surface area contributed by atoms with Crippen LogP contribution >= 0.6 is 0 Å². The third-order valence-corrected chi connectivity index (χ3v) is 4.46. The summed E-state index contributed by atoms with van der Waals surface area (Å²) in [4.78, 5) is 6.88. The fraction of sp³-hybridized carbons (Fsp3) is 0.412. The first kappa shape index (κ1) is 14.9. The van der Waals surface area contributed by atoms with Gasteiger partial charge in [-0.25, -0.2) is 9.50 Å². The number of rotatable bonds is 4. The Morgan fingerprint density at radius 1 is 1.12 bits per heavy atom. The first-order valence-corrected chi connectivity index (χ1v) is 8.26. The van der Waals surface area contributed by atoms with Gasteiger partial charge in [0.2, 0.25) is 5.88 Å². The van der Waals surface area contributed by atoms with Crippen LogP contribution in [-0.2, 0) is 0 Å². The zero-order chi connectivity index (χ0) is 16.4. The van der Waals surface area contributed by atoms with Gasteiger partial charge in [-0.05, 0) is 37.8 Å². The molecule has 3 aromatic rings. The Kier molecular flexibility index (Phi) is 3.98. The van der Waals surface area contributed by atoms with Crippen molar-refractivity contribution >= 4 is 11.3 Å². The Hall–Kier alpha value is -2.70. The van der Waals surface area contributed by atoms with Gasteiger partial charge in [0.25, 0.3) is 0 Å². The fourth-order valence-corrected chi connectivity index (χ4v) is 3.07. The number of hydrogen-bond donors (Lipinski definition) is 0. The van der Waals surface area contributed by atoms with Gasteiger partial charge in [0, 0.05) is 31.5 Å². The highest BCUT2D eigenvalue weighted by molar-refractivity contribution is 5.68. The molecule has 24 heavy (non-hydrogen) atoms. The van der Waals surface area contributed by atoms with Gasteiger partial charge in [-0.2, -0.15) is 10.2 Å². The minimum atomic E-state index is 0.536. The van der Waals surface area contributed by atoms with E-state index in [4.69, 9.17) is 4.74 Å². The van der Waals surface area contributed by atoms with Crippen molar-refractivity contribution in [1.29, 1.82) is 0 Å². The molecule has 4 rings (SSSR count). The van der Waals surface area contributed by atoms with E-state index < -0.39 is 0 Å². The molecule has 124 valence electrons. The van der Waals surface area contributed by atoms with Crippen molar-refractivity contribution in [1.82, 2.24) is 24.8 Å². The van der Waals surface area contributed by atoms with Crippen molar-refractivity contribution in [2.75, 3.05) is 24.6 Å². The van der Waals surface area contributed by atoms with Gasteiger partial charge in [-0.1, -0.05) is 0 Å². The Labute approximate surface area is 140 Å². The number of aromatic nitrogens is 5. The lowest BCUT2D eigenvalue weighted by molar-refractivity contribution is 0.214. The van der Waals surface area contributed by atoms with Gasteiger partial charge in [0.05, 0.1) is 18.5 Å². The lowest BCUT2D eigenvalue weighted by Gasteiger charge is -2.32. The molecule has 0 aliphatic carbocycles. The van der Waals surface area contributed by atoms with E-state index in [1.807, 2.05) is 42.0 Å². The minimum Gasteiger partial charge on any atom is -0.476 e. The van der Waals surface area contributed by atoms with Crippen LogP contribution in [0.4, 0.5) is 5.82 Å². The number of aryl methyl sites for hydroxylation is 1. The molecule has 0 unspecified atom stereocenters. The summed E-state index contributed by atoms with van der Waals surface area (Å²) in [5.74, 6) is 2.15. The van der Waals surface area contributed by atoms with E-state index in [1.54, 1.807) is 6.20 Å². The molecule has 1 fully saturated rings. The van der Waals surface area contributed by atoms with Crippen LogP contribution in [-0.4, -0.2) is 44.5 Å². The highest BCUT2D eigenvalue weighted by Crippen LogP contribution is 2.25. The molecule has 0 N–H and O–H groups in total. The SMILES string of the molecule is Cc1ccc(OCC2CCN(c3nccn4nccc34)CC2)nn1. The molecule has 1 aliphatic rings. The number of hydrogen-bond acceptors (Lipinski definition) is 6. The molecule has 0 aromatic carbocycles. The lowest BCUT2D eigenvalue weighted by Crippen LogP contribution is -2.36. The molecule has 3 aromatic heterocycles. The highest BCUT2D eigenvalue weighted by atomic mass is 16.5. The Bertz CT molecular complexity index is 807. The second-order valence-corrected chi connectivity index (χ2v) is 6.17. The van der Waals surface area contributed by atoms with Crippen molar-refractivity contribution < 1.29 is 4.74 Å². The Morgan fingerprint density at radius 3 is 2.79 bits per heavy atom. The Balaban J connectivity index is 1.35. The molecule has 0 radical (unpaired) electrons. The molecule has 1 saturated heterocycles. The largest absolute Gasteiger partial charge is 0.476 e. The summed E-state index contributed by atoms with van der Waals surface area (Å²) in [5.41, 5.74) is 1.96. The van der Waals surface area contributed by atoms with Gasteiger partial charge in [-0.15, -0.1) is 5.10 Å². The van der Waals surface area contributed by atoms with Crippen LogP contribution in [0.5, 0.6) is 5.88 Å². The smallest absolute Gasteiger partial charge is 0.233 e. The summed E-state index contributed by atoms with van der Waals surface area (Å²) in [6.07, 6.45) is 7.65. The van der Waals surface area contributed by atoms with Gasteiger partial charge >= 0.3 is 0 Å². The van der Waals surface area contributed by atoms with E-state index in [-0.39, 0.29) is 0 Å². The third-order valence-electron chi connectivity index (χ3n) is 4.46. The molecule has 0 spiro atoms. The summed E-state index contributed by atoms with van der Waals surface area (Å²) in [6.45, 7) is 4.56. The minimum absolute atomic E-state index is 0.536. The van der Waals surface area contributed by atoms with E-state index in [9.17, 15) is 0 Å². The fourth-order valence-electron chi connectivity index (χ4n) is 3.07. The van der Waals surface area contributed by atoms with E-state index >= 15 is 0 Å². The molecule has 7 nitrogen and oxygen atoms in total. The lowest BCUT2D eigenvalue weighted by atomic mass is 9.98. The normalized spacial score (nSPS) is 15.8. The monoisotopic (exact) mass is 324 g/mol. The maximum Gasteiger partial charge on any atom is 0.233 e. The third kappa shape index (κ3) is 3.02. The quantitative estimate of drug-likeness (QED) is 0.732. The van der Waals surface area contributed by atoms with Crippen molar-refractivity contribution in [3.63, 3.8) is 0 Å². The van der Waals surface area contributed by atoms with Crippen LogP contribution in [0.1, 0.15) is 18.5 Å². The van der Waals surface area contributed by atoms with Gasteiger partial charge < -0.3 is 9.64 Å². The molecule has 7 heteroatoms. The predicted molar refractivity (Wildman–Crippen MR) is 90.2 cm³/mol. The van der Waals surface area contributed by atoms with Crippen LogP contribution in [0.2, 0.25) is 0 Å². The van der Waals surface area contributed by atoms with Crippen LogP contribution in [0.3, 0.4) is 0 Å². The molecule has 1 aliphatic heterocycles. The summed E-state index contributed by atoms with van der Waals surface area (Å²) in [7, 11) is 0. The molecule has 0 bridgehead atoms. The van der Waals surface area contributed by atoms with Crippen LogP contribution in [0.15, 0.2) is 36.8 Å². The zero-order valence-electron chi connectivity index (χ0n) is 13.7. The van der Waals surface area contributed by atoms with E-state index in [2.05, 4.69) is 25.2 Å². The maximum atomic E-state index is 5.78. The molecule has 0 amide bonds. The molecule has 0 atom stereocenters. The molecular formula is C17H20N6O. The number of piperidine rings is 1. The summed E-state index contributed by atoms with van der Waals surface area (Å²) >= 11 is 0. The first-order valence-electron chi connectivity index (χ1n) is 8.26. The van der Waals surface area contributed by atoms with Crippen LogP contribution in [0, 0.1) is 12.8 Å². The second-order valence-electron chi connectivity index (χ2n) is 6.17. The van der Waals surface area contributed by atoms with E-state index in [1.165, 1.54) is 0 Å². The summed E-state index contributed by atoms with van der Waals surface area (Å²) < 4.78 is 7.65. The van der Waals surface area contributed by atoms with Crippen molar-refractivity contribution in [2.24, 2.45) is 5.92 Å². The van der Waals surface area contributed by atoms with Gasteiger partial charge in [-0.3, -0.25) is 0 Å². The first-order chi connectivity index (χ1) is 11.8. The van der Waals surface area contributed by atoms with E-state index in [0.29, 0.717) is 18.4 Å². The molecular weight excluding hydrogens is 304 g/mol. The molecule has 4 heterocycles. The summed E-state index contributed by atoms with van der Waals surface area (Å²) in [5, 5.41) is 12.3.